The number of rotatable bonds is 5. The molecule has 0 heterocycles. The SMILES string of the molecule is CC1CCC(NC(=O)COCCN)CC1C. The van der Waals surface area contributed by atoms with E-state index in [1.807, 2.05) is 0 Å². The van der Waals surface area contributed by atoms with Crippen LogP contribution >= 0.6 is 0 Å². The minimum atomic E-state index is -0.0137. The Bertz CT molecular complexity index is 221. The molecule has 0 saturated heterocycles. The van der Waals surface area contributed by atoms with Crippen LogP contribution < -0.4 is 11.1 Å². The van der Waals surface area contributed by atoms with Gasteiger partial charge in [0, 0.05) is 12.6 Å². The van der Waals surface area contributed by atoms with Gasteiger partial charge in [-0.25, -0.2) is 0 Å². The second-order valence-electron chi connectivity index (χ2n) is 4.87. The summed E-state index contributed by atoms with van der Waals surface area (Å²) < 4.78 is 5.10. The van der Waals surface area contributed by atoms with Crippen molar-refractivity contribution >= 4 is 5.91 Å². The van der Waals surface area contributed by atoms with E-state index in [2.05, 4.69) is 19.2 Å². The van der Waals surface area contributed by atoms with Crippen LogP contribution in [0.2, 0.25) is 0 Å². The van der Waals surface area contributed by atoms with Crippen LogP contribution in [0.25, 0.3) is 0 Å². The van der Waals surface area contributed by atoms with Gasteiger partial charge in [0.1, 0.15) is 6.61 Å². The van der Waals surface area contributed by atoms with E-state index in [0.29, 0.717) is 25.1 Å². The molecule has 3 N–H and O–H groups in total. The number of hydrogen-bond donors (Lipinski definition) is 2. The van der Waals surface area contributed by atoms with Crippen molar-refractivity contribution < 1.29 is 9.53 Å². The van der Waals surface area contributed by atoms with Crippen molar-refractivity contribution in [2.75, 3.05) is 19.8 Å². The number of carbonyl (C=O) groups excluding carboxylic acids is 1. The third-order valence-corrected chi connectivity index (χ3v) is 3.46. The minimum absolute atomic E-state index is 0.0137. The molecule has 0 aromatic heterocycles. The molecule has 3 atom stereocenters. The first kappa shape index (κ1) is 13.5. The van der Waals surface area contributed by atoms with Gasteiger partial charge < -0.3 is 15.8 Å². The first-order valence-electron chi connectivity index (χ1n) is 6.20. The molecule has 1 rings (SSSR count). The Hall–Kier alpha value is -0.610. The van der Waals surface area contributed by atoms with E-state index in [1.54, 1.807) is 0 Å². The average molecular weight is 228 g/mol. The van der Waals surface area contributed by atoms with E-state index in [4.69, 9.17) is 10.5 Å². The average Bonchev–Trinajstić information content (AvgIpc) is 2.24. The number of nitrogens with one attached hydrogen (secondary N) is 1. The minimum Gasteiger partial charge on any atom is -0.370 e. The van der Waals surface area contributed by atoms with Gasteiger partial charge in [-0.1, -0.05) is 13.8 Å². The summed E-state index contributed by atoms with van der Waals surface area (Å²) in [4.78, 5) is 11.5. The molecule has 4 heteroatoms. The highest BCUT2D eigenvalue weighted by Gasteiger charge is 2.25. The molecule has 0 radical (unpaired) electrons. The van der Waals surface area contributed by atoms with E-state index < -0.39 is 0 Å². The molecule has 94 valence electrons. The molecule has 0 spiro atoms. The zero-order valence-electron chi connectivity index (χ0n) is 10.4. The Morgan fingerprint density at radius 3 is 2.75 bits per heavy atom. The second kappa shape index (κ2) is 6.86. The maximum atomic E-state index is 11.5. The number of nitrogens with two attached hydrogens (primary N) is 1. The third kappa shape index (κ3) is 4.49. The van der Waals surface area contributed by atoms with E-state index in [0.717, 1.165) is 18.8 Å². The van der Waals surface area contributed by atoms with Crippen LogP contribution in [0, 0.1) is 11.8 Å². The van der Waals surface area contributed by atoms with Gasteiger partial charge in [-0.3, -0.25) is 4.79 Å². The fourth-order valence-corrected chi connectivity index (χ4v) is 2.20. The highest BCUT2D eigenvalue weighted by molar-refractivity contribution is 5.77. The topological polar surface area (TPSA) is 64.3 Å². The van der Waals surface area contributed by atoms with E-state index in [9.17, 15) is 4.79 Å². The van der Waals surface area contributed by atoms with Crippen LogP contribution in [-0.2, 0) is 9.53 Å². The largest absolute Gasteiger partial charge is 0.370 e. The van der Waals surface area contributed by atoms with E-state index in [1.165, 1.54) is 6.42 Å². The summed E-state index contributed by atoms with van der Waals surface area (Å²) in [6, 6.07) is 0.333. The fraction of sp³-hybridized carbons (Fsp3) is 0.917. The third-order valence-electron chi connectivity index (χ3n) is 3.46. The maximum absolute atomic E-state index is 11.5. The Labute approximate surface area is 97.9 Å². The van der Waals surface area contributed by atoms with Crippen molar-refractivity contribution in [3.05, 3.63) is 0 Å². The van der Waals surface area contributed by atoms with Crippen molar-refractivity contribution in [3.63, 3.8) is 0 Å². The van der Waals surface area contributed by atoms with Crippen molar-refractivity contribution in [1.82, 2.24) is 5.32 Å². The van der Waals surface area contributed by atoms with Gasteiger partial charge in [-0.15, -0.1) is 0 Å². The highest BCUT2D eigenvalue weighted by Crippen LogP contribution is 2.29. The van der Waals surface area contributed by atoms with E-state index >= 15 is 0 Å². The molecule has 16 heavy (non-hydrogen) atoms. The predicted molar refractivity (Wildman–Crippen MR) is 64.0 cm³/mol. The standard InChI is InChI=1S/C12H24N2O2/c1-9-3-4-11(7-10(9)2)14-12(15)8-16-6-5-13/h9-11H,3-8,13H2,1-2H3,(H,14,15). The van der Waals surface area contributed by atoms with E-state index in [-0.39, 0.29) is 12.5 Å². The summed E-state index contributed by atoms with van der Waals surface area (Å²) >= 11 is 0. The Morgan fingerprint density at radius 1 is 1.38 bits per heavy atom. The first-order chi connectivity index (χ1) is 7.63. The molecule has 0 bridgehead atoms. The van der Waals surface area contributed by atoms with Crippen molar-refractivity contribution in [3.8, 4) is 0 Å². The maximum Gasteiger partial charge on any atom is 0.246 e. The molecule has 1 saturated carbocycles. The number of amides is 1. The van der Waals surface area contributed by atoms with Crippen LogP contribution in [0.15, 0.2) is 0 Å². The zero-order chi connectivity index (χ0) is 12.0. The van der Waals surface area contributed by atoms with Crippen LogP contribution in [-0.4, -0.2) is 31.7 Å². The number of ether oxygens (including phenoxy) is 1. The Kier molecular flexibility index (Phi) is 5.77. The van der Waals surface area contributed by atoms with Crippen LogP contribution in [0.4, 0.5) is 0 Å². The van der Waals surface area contributed by atoms with Crippen LogP contribution in [0.1, 0.15) is 33.1 Å². The van der Waals surface area contributed by atoms with Crippen LogP contribution in [0.3, 0.4) is 0 Å². The molecule has 0 aromatic carbocycles. The molecular formula is C12H24N2O2. The predicted octanol–water partition coefficient (Wildman–Crippen LogP) is 0.903. The molecular weight excluding hydrogens is 204 g/mol. The van der Waals surface area contributed by atoms with Crippen LogP contribution in [0.5, 0.6) is 0 Å². The van der Waals surface area contributed by atoms with Gasteiger partial charge in [-0.2, -0.15) is 0 Å². The molecule has 4 nitrogen and oxygen atoms in total. The molecule has 1 aliphatic carbocycles. The summed E-state index contributed by atoms with van der Waals surface area (Å²) in [5.74, 6) is 1.46. The smallest absolute Gasteiger partial charge is 0.246 e. The summed E-state index contributed by atoms with van der Waals surface area (Å²) in [7, 11) is 0. The van der Waals surface area contributed by atoms with Crippen molar-refractivity contribution in [2.45, 2.75) is 39.2 Å². The number of hydrogen-bond acceptors (Lipinski definition) is 3. The highest BCUT2D eigenvalue weighted by atomic mass is 16.5. The lowest BCUT2D eigenvalue weighted by molar-refractivity contribution is -0.126. The lowest BCUT2D eigenvalue weighted by Gasteiger charge is -2.32. The molecule has 1 fully saturated rings. The van der Waals surface area contributed by atoms with Gasteiger partial charge >= 0.3 is 0 Å². The first-order valence-corrected chi connectivity index (χ1v) is 6.20. The zero-order valence-corrected chi connectivity index (χ0v) is 10.4. The quantitative estimate of drug-likeness (QED) is 0.687. The summed E-state index contributed by atoms with van der Waals surface area (Å²) in [5, 5.41) is 3.02. The van der Waals surface area contributed by atoms with Gasteiger partial charge in [0.2, 0.25) is 5.91 Å². The molecule has 1 aliphatic rings. The normalized spacial score (nSPS) is 30.1. The second-order valence-corrected chi connectivity index (χ2v) is 4.87. The Balaban J connectivity index is 2.19. The molecule has 1 amide bonds. The fourth-order valence-electron chi connectivity index (χ4n) is 2.20. The Morgan fingerprint density at radius 2 is 2.12 bits per heavy atom. The van der Waals surface area contributed by atoms with Gasteiger partial charge in [-0.05, 0) is 31.1 Å². The van der Waals surface area contributed by atoms with Gasteiger partial charge in [0.25, 0.3) is 0 Å². The summed E-state index contributed by atoms with van der Waals surface area (Å²) in [5.41, 5.74) is 5.28. The lowest BCUT2D eigenvalue weighted by atomic mass is 9.79. The van der Waals surface area contributed by atoms with Crippen molar-refractivity contribution in [1.29, 1.82) is 0 Å². The summed E-state index contributed by atoms with van der Waals surface area (Å²) in [6.07, 6.45) is 3.38. The number of carbonyl (C=O) groups is 1. The van der Waals surface area contributed by atoms with Gasteiger partial charge in [0.05, 0.1) is 6.61 Å². The molecule has 0 aliphatic heterocycles. The summed E-state index contributed by atoms with van der Waals surface area (Å²) in [6.45, 7) is 5.59. The molecule has 3 unspecified atom stereocenters. The van der Waals surface area contributed by atoms with Gasteiger partial charge in [0.15, 0.2) is 0 Å². The monoisotopic (exact) mass is 228 g/mol. The lowest BCUT2D eigenvalue weighted by Crippen LogP contribution is -2.41. The van der Waals surface area contributed by atoms with Crippen molar-refractivity contribution in [2.24, 2.45) is 17.6 Å². The molecule has 0 aromatic rings.